The van der Waals surface area contributed by atoms with Crippen LogP contribution in [0.5, 0.6) is 5.75 Å². The number of hydrogen-bond donors (Lipinski definition) is 3. The maximum atomic E-state index is 12.5. The Morgan fingerprint density at radius 1 is 1.12 bits per heavy atom. The summed E-state index contributed by atoms with van der Waals surface area (Å²) >= 11 is 0. The Labute approximate surface area is 155 Å². The molecule has 1 heterocycles. The minimum atomic E-state index is -0.0581. The number of nitrogens with one attached hydrogen (secondary N) is 2. The van der Waals surface area contributed by atoms with Crippen LogP contribution in [0.1, 0.15) is 12.5 Å². The van der Waals surface area contributed by atoms with Gasteiger partial charge in [-0.2, -0.15) is 0 Å². The number of phenolic OH excluding ortho intramolecular Hbond substituents is 1. The van der Waals surface area contributed by atoms with E-state index in [0.717, 1.165) is 38.3 Å². The molecule has 0 unspecified atom stereocenters. The van der Waals surface area contributed by atoms with E-state index in [1.54, 1.807) is 6.07 Å². The predicted molar refractivity (Wildman–Crippen MR) is 104 cm³/mol. The Morgan fingerprint density at radius 3 is 2.46 bits per heavy atom. The molecule has 2 aromatic carbocycles. The Morgan fingerprint density at radius 2 is 1.77 bits per heavy atom. The molecule has 0 aromatic heterocycles. The summed E-state index contributed by atoms with van der Waals surface area (Å²) in [7, 11) is 0. The van der Waals surface area contributed by atoms with E-state index >= 15 is 0 Å². The van der Waals surface area contributed by atoms with Crippen LogP contribution in [0.25, 0.3) is 0 Å². The van der Waals surface area contributed by atoms with E-state index in [4.69, 9.17) is 0 Å². The van der Waals surface area contributed by atoms with Crippen molar-refractivity contribution in [3.63, 3.8) is 0 Å². The van der Waals surface area contributed by atoms with Crippen molar-refractivity contribution >= 4 is 11.6 Å². The van der Waals surface area contributed by atoms with E-state index in [2.05, 4.69) is 22.3 Å². The molecule has 3 rings (SSSR count). The fourth-order valence-electron chi connectivity index (χ4n) is 3.51. The summed E-state index contributed by atoms with van der Waals surface area (Å²) in [6, 6.07) is 17.6. The van der Waals surface area contributed by atoms with Crippen LogP contribution in [0, 0.1) is 0 Å². The molecule has 5 nitrogen and oxygen atoms in total. The molecule has 0 spiro atoms. The van der Waals surface area contributed by atoms with E-state index in [9.17, 15) is 9.90 Å². The molecule has 1 fully saturated rings. The Balaban J connectivity index is 1.45. The van der Waals surface area contributed by atoms with E-state index in [1.807, 2.05) is 43.3 Å². The van der Waals surface area contributed by atoms with Crippen LogP contribution in [0.2, 0.25) is 0 Å². The lowest BCUT2D eigenvalue weighted by atomic mass is 10.1. The van der Waals surface area contributed by atoms with Crippen LogP contribution in [-0.2, 0) is 11.2 Å². The van der Waals surface area contributed by atoms with Crippen LogP contribution >= 0.6 is 0 Å². The van der Waals surface area contributed by atoms with Gasteiger partial charge in [0.05, 0.1) is 31.9 Å². The second-order valence-corrected chi connectivity index (χ2v) is 6.88. The van der Waals surface area contributed by atoms with Crippen LogP contribution in [0.4, 0.5) is 5.69 Å². The van der Waals surface area contributed by atoms with Gasteiger partial charge in [0.2, 0.25) is 0 Å². The molecule has 1 amide bonds. The highest BCUT2D eigenvalue weighted by Crippen LogP contribution is 2.25. The van der Waals surface area contributed by atoms with Crippen molar-refractivity contribution in [2.75, 3.05) is 37.6 Å². The molecule has 1 aliphatic heterocycles. The zero-order chi connectivity index (χ0) is 18.4. The van der Waals surface area contributed by atoms with Crippen molar-refractivity contribution in [1.29, 1.82) is 0 Å². The highest BCUT2D eigenvalue weighted by atomic mass is 16.3. The minimum Gasteiger partial charge on any atom is -0.506 e. The van der Waals surface area contributed by atoms with E-state index in [1.165, 1.54) is 10.5 Å². The number of nitrogens with zero attached hydrogens (tertiary/aromatic N) is 1. The van der Waals surface area contributed by atoms with Crippen molar-refractivity contribution in [2.24, 2.45) is 0 Å². The van der Waals surface area contributed by atoms with Gasteiger partial charge in [-0.1, -0.05) is 42.5 Å². The quantitative estimate of drug-likeness (QED) is 0.721. The van der Waals surface area contributed by atoms with Crippen LogP contribution in [-0.4, -0.2) is 49.8 Å². The highest BCUT2D eigenvalue weighted by Gasteiger charge is 2.29. The normalized spacial score (nSPS) is 16.3. The summed E-state index contributed by atoms with van der Waals surface area (Å²) in [5, 5.41) is 13.1. The molecule has 0 radical (unpaired) electrons. The standard InChI is InChI=1S/C21H27N3O2/c1-17(21(26)22-12-11-18-7-3-2-4-8-18)23-13-15-24(16-14-23)19-9-5-6-10-20(19)25/h2-10,17,25H,11-16H2,1H3,(H,22,26)/p+1/t17-/m0/s1. The van der Waals surface area contributed by atoms with Crippen LogP contribution in [0.3, 0.4) is 0 Å². The Bertz CT molecular complexity index is 712. The third kappa shape index (κ3) is 4.55. The fourth-order valence-corrected chi connectivity index (χ4v) is 3.51. The number of hydrogen-bond acceptors (Lipinski definition) is 3. The monoisotopic (exact) mass is 354 g/mol. The SMILES string of the molecule is C[C@@H](C(=O)NCCc1ccccc1)[NH+]1CCN(c2ccccc2O)CC1. The van der Waals surface area contributed by atoms with Gasteiger partial charge in [-0.05, 0) is 31.0 Å². The molecule has 1 atom stereocenters. The van der Waals surface area contributed by atoms with Crippen molar-refractivity contribution in [3.8, 4) is 5.75 Å². The number of carbonyl (C=O) groups excluding carboxylic acids is 1. The van der Waals surface area contributed by atoms with Gasteiger partial charge >= 0.3 is 0 Å². The first kappa shape index (κ1) is 18.3. The number of benzene rings is 2. The lowest BCUT2D eigenvalue weighted by Crippen LogP contribution is -3.19. The molecular weight excluding hydrogens is 326 g/mol. The molecule has 0 bridgehead atoms. The average Bonchev–Trinajstić information content (AvgIpc) is 2.69. The number of aromatic hydroxyl groups is 1. The molecule has 2 aromatic rings. The summed E-state index contributed by atoms with van der Waals surface area (Å²) in [6.07, 6.45) is 0.857. The lowest BCUT2D eigenvalue weighted by molar-refractivity contribution is -0.914. The van der Waals surface area contributed by atoms with Crippen molar-refractivity contribution in [2.45, 2.75) is 19.4 Å². The summed E-state index contributed by atoms with van der Waals surface area (Å²) in [5.41, 5.74) is 2.12. The number of para-hydroxylation sites is 2. The summed E-state index contributed by atoms with van der Waals surface area (Å²) in [6.45, 7) is 6.14. The first-order chi connectivity index (χ1) is 12.6. The molecule has 26 heavy (non-hydrogen) atoms. The van der Waals surface area contributed by atoms with Crippen molar-refractivity contribution in [1.82, 2.24) is 5.32 Å². The average molecular weight is 354 g/mol. The van der Waals surface area contributed by atoms with Gasteiger partial charge in [-0.15, -0.1) is 0 Å². The highest BCUT2D eigenvalue weighted by molar-refractivity contribution is 5.79. The van der Waals surface area contributed by atoms with Crippen LogP contribution < -0.4 is 15.1 Å². The number of carbonyl (C=O) groups is 1. The number of rotatable bonds is 6. The molecular formula is C21H28N3O2+. The number of piperazine rings is 1. The molecule has 138 valence electrons. The molecule has 1 saturated heterocycles. The Hall–Kier alpha value is -2.53. The summed E-state index contributed by atoms with van der Waals surface area (Å²) in [4.78, 5) is 15.9. The zero-order valence-corrected chi connectivity index (χ0v) is 15.3. The topological polar surface area (TPSA) is 57.0 Å². The van der Waals surface area contributed by atoms with Crippen molar-refractivity contribution in [3.05, 3.63) is 60.2 Å². The van der Waals surface area contributed by atoms with Gasteiger partial charge in [0.25, 0.3) is 5.91 Å². The third-order valence-electron chi connectivity index (χ3n) is 5.19. The zero-order valence-electron chi connectivity index (χ0n) is 15.3. The number of phenols is 1. The third-order valence-corrected chi connectivity index (χ3v) is 5.19. The first-order valence-electron chi connectivity index (χ1n) is 9.34. The number of anilines is 1. The maximum absolute atomic E-state index is 12.5. The van der Waals surface area contributed by atoms with Crippen LogP contribution in [0.15, 0.2) is 54.6 Å². The van der Waals surface area contributed by atoms with Gasteiger partial charge in [0.1, 0.15) is 5.75 Å². The summed E-state index contributed by atoms with van der Waals surface area (Å²) < 4.78 is 0. The second kappa shape index (κ2) is 8.72. The molecule has 5 heteroatoms. The maximum Gasteiger partial charge on any atom is 0.278 e. The minimum absolute atomic E-state index is 0.0581. The summed E-state index contributed by atoms with van der Waals surface area (Å²) in [5.74, 6) is 0.439. The van der Waals surface area contributed by atoms with Crippen molar-refractivity contribution < 1.29 is 14.8 Å². The lowest BCUT2D eigenvalue weighted by Gasteiger charge is -2.36. The largest absolute Gasteiger partial charge is 0.506 e. The van der Waals surface area contributed by atoms with E-state index in [-0.39, 0.29) is 11.9 Å². The first-order valence-corrected chi connectivity index (χ1v) is 9.34. The van der Waals surface area contributed by atoms with E-state index < -0.39 is 0 Å². The molecule has 0 aliphatic carbocycles. The number of amides is 1. The smallest absolute Gasteiger partial charge is 0.278 e. The fraction of sp³-hybridized carbons (Fsp3) is 0.381. The van der Waals surface area contributed by atoms with Gasteiger partial charge < -0.3 is 20.2 Å². The number of quaternary nitrogens is 1. The molecule has 0 saturated carbocycles. The van der Waals surface area contributed by atoms with Gasteiger partial charge in [0, 0.05) is 6.54 Å². The van der Waals surface area contributed by atoms with Gasteiger partial charge in [-0.25, -0.2) is 0 Å². The molecule has 3 N–H and O–H groups in total. The predicted octanol–water partition coefficient (Wildman–Crippen LogP) is 0.845. The van der Waals surface area contributed by atoms with Gasteiger partial charge in [0.15, 0.2) is 6.04 Å². The van der Waals surface area contributed by atoms with Gasteiger partial charge in [-0.3, -0.25) is 4.79 Å². The Kier molecular flexibility index (Phi) is 6.12. The second-order valence-electron chi connectivity index (χ2n) is 6.88. The molecule has 1 aliphatic rings. The van der Waals surface area contributed by atoms with E-state index in [0.29, 0.717) is 12.3 Å².